The Kier molecular flexibility index (Phi) is 4.24. The number of aromatic nitrogens is 2. The molecule has 116 valence electrons. The predicted octanol–water partition coefficient (Wildman–Crippen LogP) is 1.94. The van der Waals surface area contributed by atoms with Gasteiger partial charge in [-0.1, -0.05) is 30.3 Å². The van der Waals surface area contributed by atoms with E-state index >= 15 is 0 Å². The molecule has 1 aromatic carbocycles. The Labute approximate surface area is 131 Å². The number of rotatable bonds is 5. The Morgan fingerprint density at radius 1 is 1.18 bits per heavy atom. The maximum absolute atomic E-state index is 5.88. The van der Waals surface area contributed by atoms with Gasteiger partial charge in [0.25, 0.3) is 0 Å². The first-order valence-electron chi connectivity index (χ1n) is 7.77. The van der Waals surface area contributed by atoms with Gasteiger partial charge in [0.2, 0.25) is 5.95 Å². The fourth-order valence-corrected chi connectivity index (χ4v) is 2.84. The van der Waals surface area contributed by atoms with E-state index in [2.05, 4.69) is 45.2 Å². The van der Waals surface area contributed by atoms with Crippen LogP contribution in [0, 0.1) is 0 Å². The van der Waals surface area contributed by atoms with Crippen molar-refractivity contribution < 1.29 is 0 Å². The van der Waals surface area contributed by atoms with Crippen LogP contribution in [0.3, 0.4) is 0 Å². The average molecular weight is 297 g/mol. The van der Waals surface area contributed by atoms with Crippen molar-refractivity contribution >= 4 is 11.8 Å². The lowest BCUT2D eigenvalue weighted by molar-refractivity contribution is 0.345. The van der Waals surface area contributed by atoms with Crippen molar-refractivity contribution in [3.63, 3.8) is 0 Å². The molecule has 5 nitrogen and oxygen atoms in total. The smallest absolute Gasteiger partial charge is 0.222 e. The van der Waals surface area contributed by atoms with Gasteiger partial charge in [-0.25, -0.2) is 4.98 Å². The number of nitrogens with zero attached hydrogens (tertiary/aromatic N) is 3. The zero-order valence-corrected chi connectivity index (χ0v) is 12.9. The quantitative estimate of drug-likeness (QED) is 0.881. The zero-order valence-electron chi connectivity index (χ0n) is 12.9. The second-order valence-electron chi connectivity index (χ2n) is 6.09. The van der Waals surface area contributed by atoms with Crippen LogP contribution in [-0.4, -0.2) is 29.6 Å². The van der Waals surface area contributed by atoms with Crippen molar-refractivity contribution in [3.8, 4) is 0 Å². The molecule has 1 heterocycles. The summed E-state index contributed by atoms with van der Waals surface area (Å²) in [7, 11) is 2.04. The van der Waals surface area contributed by atoms with E-state index in [4.69, 9.17) is 11.5 Å². The molecule has 0 spiro atoms. The summed E-state index contributed by atoms with van der Waals surface area (Å²) in [6.07, 6.45) is 2.96. The van der Waals surface area contributed by atoms with Crippen molar-refractivity contribution in [2.75, 3.05) is 24.2 Å². The van der Waals surface area contributed by atoms with Crippen LogP contribution in [0.5, 0.6) is 0 Å². The lowest BCUT2D eigenvalue weighted by Crippen LogP contribution is -2.35. The van der Waals surface area contributed by atoms with Crippen LogP contribution in [0.4, 0.5) is 11.8 Å². The van der Waals surface area contributed by atoms with E-state index in [1.165, 1.54) is 5.56 Å². The summed E-state index contributed by atoms with van der Waals surface area (Å²) in [5.74, 6) is 1.67. The maximum atomic E-state index is 5.88. The number of hydrogen-bond acceptors (Lipinski definition) is 5. The molecule has 1 saturated carbocycles. The third kappa shape index (κ3) is 3.36. The van der Waals surface area contributed by atoms with E-state index in [-0.39, 0.29) is 0 Å². The average Bonchev–Trinajstić information content (AvgIpc) is 2.50. The summed E-state index contributed by atoms with van der Waals surface area (Å²) >= 11 is 0. The highest BCUT2D eigenvalue weighted by Crippen LogP contribution is 2.35. The largest absolute Gasteiger partial charge is 0.368 e. The minimum atomic E-state index is 0.306. The minimum absolute atomic E-state index is 0.306. The molecule has 2 aromatic rings. The molecule has 0 aliphatic heterocycles. The van der Waals surface area contributed by atoms with Crippen molar-refractivity contribution in [1.82, 2.24) is 9.97 Å². The van der Waals surface area contributed by atoms with Crippen molar-refractivity contribution in [1.29, 1.82) is 0 Å². The monoisotopic (exact) mass is 297 g/mol. The third-order valence-corrected chi connectivity index (χ3v) is 4.31. The summed E-state index contributed by atoms with van der Waals surface area (Å²) in [6, 6.07) is 12.8. The number of hydrogen-bond donors (Lipinski definition) is 2. The van der Waals surface area contributed by atoms with Gasteiger partial charge >= 0.3 is 0 Å². The van der Waals surface area contributed by atoms with Crippen LogP contribution in [-0.2, 0) is 6.42 Å². The molecule has 0 bridgehead atoms. The van der Waals surface area contributed by atoms with Gasteiger partial charge in [0.15, 0.2) is 0 Å². The highest BCUT2D eigenvalue weighted by atomic mass is 15.2. The maximum Gasteiger partial charge on any atom is 0.222 e. The van der Waals surface area contributed by atoms with E-state index in [9.17, 15) is 0 Å². The third-order valence-electron chi connectivity index (χ3n) is 4.31. The molecule has 0 amide bonds. The van der Waals surface area contributed by atoms with Gasteiger partial charge in [-0.05, 0) is 24.8 Å². The number of benzene rings is 1. The van der Waals surface area contributed by atoms with Gasteiger partial charge < -0.3 is 16.4 Å². The number of anilines is 2. The normalized spacial score (nSPS) is 20.5. The standard InChI is InChI=1S/C17H23N5/c1-22(8-7-12-5-3-2-4-6-12)16-11-15(20-17(19)21-16)13-9-14(18)10-13/h2-6,11,13-14H,7-10,18H2,1H3,(H2,19,20,21). The van der Waals surface area contributed by atoms with Crippen molar-refractivity contribution in [2.45, 2.75) is 31.2 Å². The Hall–Kier alpha value is -2.14. The molecular formula is C17H23N5. The molecule has 5 heteroatoms. The van der Waals surface area contributed by atoms with Crippen molar-refractivity contribution in [2.24, 2.45) is 5.73 Å². The summed E-state index contributed by atoms with van der Waals surface area (Å²) < 4.78 is 0. The molecule has 0 radical (unpaired) electrons. The van der Waals surface area contributed by atoms with Crippen molar-refractivity contribution in [3.05, 3.63) is 47.7 Å². The molecule has 0 saturated heterocycles. The van der Waals surface area contributed by atoms with Gasteiger partial charge in [0.1, 0.15) is 5.82 Å². The minimum Gasteiger partial charge on any atom is -0.368 e. The van der Waals surface area contributed by atoms with Crippen LogP contribution in [0.1, 0.15) is 30.0 Å². The Balaban J connectivity index is 1.68. The van der Waals surface area contributed by atoms with Crippen LogP contribution >= 0.6 is 0 Å². The van der Waals surface area contributed by atoms with E-state index in [1.807, 2.05) is 13.1 Å². The van der Waals surface area contributed by atoms with E-state index in [0.29, 0.717) is 17.9 Å². The Morgan fingerprint density at radius 3 is 2.59 bits per heavy atom. The topological polar surface area (TPSA) is 81.1 Å². The molecule has 0 atom stereocenters. The highest BCUT2D eigenvalue weighted by Gasteiger charge is 2.29. The van der Waals surface area contributed by atoms with Gasteiger partial charge in [-0.3, -0.25) is 0 Å². The molecule has 1 aliphatic rings. The molecular weight excluding hydrogens is 274 g/mol. The SMILES string of the molecule is CN(CCc1ccccc1)c1cc(C2CC(N)C2)nc(N)n1. The first-order valence-corrected chi connectivity index (χ1v) is 7.77. The fourth-order valence-electron chi connectivity index (χ4n) is 2.84. The fraction of sp³-hybridized carbons (Fsp3) is 0.412. The Bertz CT molecular complexity index is 622. The molecule has 22 heavy (non-hydrogen) atoms. The van der Waals surface area contributed by atoms with E-state index in [1.54, 1.807) is 0 Å². The summed E-state index contributed by atoms with van der Waals surface area (Å²) in [6.45, 7) is 0.893. The summed E-state index contributed by atoms with van der Waals surface area (Å²) in [5, 5.41) is 0. The van der Waals surface area contributed by atoms with Gasteiger partial charge in [-0.15, -0.1) is 0 Å². The molecule has 4 N–H and O–H groups in total. The molecule has 3 rings (SSSR count). The summed E-state index contributed by atoms with van der Waals surface area (Å²) in [4.78, 5) is 10.9. The highest BCUT2D eigenvalue weighted by molar-refractivity contribution is 5.44. The molecule has 1 aromatic heterocycles. The molecule has 1 aliphatic carbocycles. The Morgan fingerprint density at radius 2 is 1.91 bits per heavy atom. The van der Waals surface area contributed by atoms with Gasteiger partial charge in [0.05, 0.1) is 5.69 Å². The number of nitrogen functional groups attached to an aromatic ring is 1. The second kappa shape index (κ2) is 6.32. The van der Waals surface area contributed by atoms with Gasteiger partial charge in [-0.2, -0.15) is 4.98 Å². The number of nitrogens with two attached hydrogens (primary N) is 2. The van der Waals surface area contributed by atoms with Gasteiger partial charge in [0, 0.05) is 31.6 Å². The first-order chi connectivity index (χ1) is 10.6. The van der Waals surface area contributed by atoms with Crippen LogP contribution in [0.15, 0.2) is 36.4 Å². The van der Waals surface area contributed by atoms with E-state index in [0.717, 1.165) is 37.3 Å². The molecule has 1 fully saturated rings. The van der Waals surface area contributed by atoms with Crippen LogP contribution < -0.4 is 16.4 Å². The van der Waals surface area contributed by atoms with Crippen LogP contribution in [0.25, 0.3) is 0 Å². The number of likely N-dealkylation sites (N-methyl/N-ethyl adjacent to an activating group) is 1. The lowest BCUT2D eigenvalue weighted by Gasteiger charge is -2.32. The zero-order chi connectivity index (χ0) is 15.5. The molecule has 0 unspecified atom stereocenters. The van der Waals surface area contributed by atoms with Crippen LogP contribution in [0.2, 0.25) is 0 Å². The first kappa shape index (κ1) is 14.8. The van der Waals surface area contributed by atoms with E-state index < -0.39 is 0 Å². The second-order valence-corrected chi connectivity index (χ2v) is 6.09. The lowest BCUT2D eigenvalue weighted by atomic mass is 9.78. The summed E-state index contributed by atoms with van der Waals surface area (Å²) in [5.41, 5.74) is 14.1. The predicted molar refractivity (Wildman–Crippen MR) is 89.8 cm³/mol.